The van der Waals surface area contributed by atoms with Crippen molar-refractivity contribution in [2.75, 3.05) is 24.7 Å². The average molecular weight is 493 g/mol. The van der Waals surface area contributed by atoms with Crippen molar-refractivity contribution in [2.24, 2.45) is 0 Å². The maximum absolute atomic E-state index is 12.9. The van der Waals surface area contributed by atoms with Crippen LogP contribution in [-0.2, 0) is 21.4 Å². The molecule has 0 radical (unpaired) electrons. The first-order chi connectivity index (χ1) is 15.6. The number of halogens is 1. The topological polar surface area (TPSA) is 106 Å². The minimum absolute atomic E-state index is 0.122. The Balaban J connectivity index is 1.63. The molecule has 0 saturated heterocycles. The second-order valence-corrected chi connectivity index (χ2v) is 9.90. The third kappa shape index (κ3) is 6.23. The van der Waals surface area contributed by atoms with Gasteiger partial charge in [0.25, 0.3) is 5.91 Å². The summed E-state index contributed by atoms with van der Waals surface area (Å²) in [5, 5.41) is 4.56. The Morgan fingerprint density at radius 3 is 2.33 bits per heavy atom. The number of likely N-dealkylation sites (N-methyl/N-ethyl adjacent to an activating group) is 1. The minimum Gasteiger partial charge on any atom is -0.481 e. The number of benzene rings is 2. The van der Waals surface area contributed by atoms with E-state index >= 15 is 0 Å². The molecule has 33 heavy (non-hydrogen) atoms. The summed E-state index contributed by atoms with van der Waals surface area (Å²) in [7, 11) is -0.267. The Kier molecular flexibility index (Phi) is 7.60. The van der Waals surface area contributed by atoms with E-state index in [4.69, 9.17) is 20.9 Å². The minimum atomic E-state index is -3.36. The number of sulfonamides is 1. The van der Waals surface area contributed by atoms with Crippen LogP contribution in [-0.4, -0.2) is 55.8 Å². The van der Waals surface area contributed by atoms with E-state index in [0.29, 0.717) is 34.6 Å². The molecule has 0 spiro atoms. The van der Waals surface area contributed by atoms with Crippen LogP contribution in [0.25, 0.3) is 11.4 Å². The van der Waals surface area contributed by atoms with Crippen molar-refractivity contribution in [3.63, 3.8) is 0 Å². The molecule has 0 N–H and O–H groups in total. The molecule has 1 heterocycles. The maximum Gasteiger partial charge on any atom is 0.263 e. The number of carbonyl (C=O) groups is 1. The van der Waals surface area contributed by atoms with Crippen LogP contribution >= 0.6 is 11.6 Å². The lowest BCUT2D eigenvalue weighted by molar-refractivity contribution is -0.138. The van der Waals surface area contributed by atoms with Crippen LogP contribution in [0, 0.1) is 0 Å². The standard InChI is InChI=1S/C22H25ClN4O5S/c1-5-19(31-18-12-10-17(11-13-18)27(3)33(4,29)30)22(28)26(2)14-20-24-21(25-32-20)15-6-8-16(23)9-7-15/h6-13,19H,5,14H2,1-4H3/t19-/m0/s1. The van der Waals surface area contributed by atoms with Crippen molar-refractivity contribution in [1.29, 1.82) is 0 Å². The van der Waals surface area contributed by atoms with E-state index in [1.54, 1.807) is 55.6 Å². The van der Waals surface area contributed by atoms with Gasteiger partial charge < -0.3 is 14.2 Å². The quantitative estimate of drug-likeness (QED) is 0.449. The number of amides is 1. The third-order valence-electron chi connectivity index (χ3n) is 4.94. The highest BCUT2D eigenvalue weighted by atomic mass is 35.5. The highest BCUT2D eigenvalue weighted by molar-refractivity contribution is 7.92. The summed E-state index contributed by atoms with van der Waals surface area (Å²) in [5.74, 6) is 0.905. The van der Waals surface area contributed by atoms with Gasteiger partial charge in [-0.25, -0.2) is 8.42 Å². The molecule has 0 fully saturated rings. The van der Waals surface area contributed by atoms with Gasteiger partial charge in [-0.2, -0.15) is 4.98 Å². The van der Waals surface area contributed by atoms with Gasteiger partial charge >= 0.3 is 0 Å². The molecule has 0 aliphatic carbocycles. The van der Waals surface area contributed by atoms with E-state index in [2.05, 4.69) is 10.1 Å². The number of nitrogens with zero attached hydrogens (tertiary/aromatic N) is 4. The monoisotopic (exact) mass is 492 g/mol. The molecule has 0 bridgehead atoms. The first-order valence-electron chi connectivity index (χ1n) is 10.1. The molecule has 0 aliphatic heterocycles. The van der Waals surface area contributed by atoms with Gasteiger partial charge in [-0.15, -0.1) is 0 Å². The van der Waals surface area contributed by atoms with Crippen LogP contribution in [0.1, 0.15) is 19.2 Å². The van der Waals surface area contributed by atoms with Gasteiger partial charge in [0.1, 0.15) is 5.75 Å². The second-order valence-electron chi connectivity index (χ2n) is 7.45. The Morgan fingerprint density at radius 2 is 1.76 bits per heavy atom. The largest absolute Gasteiger partial charge is 0.481 e. The van der Waals surface area contributed by atoms with Crippen molar-refractivity contribution in [3.8, 4) is 17.1 Å². The van der Waals surface area contributed by atoms with Crippen LogP contribution in [0.5, 0.6) is 5.75 Å². The lowest BCUT2D eigenvalue weighted by Gasteiger charge is -2.23. The molecule has 176 valence electrons. The van der Waals surface area contributed by atoms with Crippen LogP contribution in [0.3, 0.4) is 0 Å². The fourth-order valence-corrected chi connectivity index (χ4v) is 3.59. The van der Waals surface area contributed by atoms with Crippen molar-refractivity contribution < 1.29 is 22.5 Å². The first kappa shape index (κ1) is 24.5. The van der Waals surface area contributed by atoms with Crippen molar-refractivity contribution in [3.05, 3.63) is 59.4 Å². The molecule has 1 amide bonds. The number of hydrogen-bond acceptors (Lipinski definition) is 7. The smallest absolute Gasteiger partial charge is 0.263 e. The third-order valence-corrected chi connectivity index (χ3v) is 6.40. The highest BCUT2D eigenvalue weighted by Crippen LogP contribution is 2.23. The van der Waals surface area contributed by atoms with Gasteiger partial charge in [0, 0.05) is 24.7 Å². The molecule has 3 rings (SSSR count). The summed E-state index contributed by atoms with van der Waals surface area (Å²) in [6.45, 7) is 1.96. The average Bonchev–Trinajstić information content (AvgIpc) is 3.25. The highest BCUT2D eigenvalue weighted by Gasteiger charge is 2.24. The van der Waals surface area contributed by atoms with Gasteiger partial charge in [0.2, 0.25) is 21.7 Å². The molecule has 1 atom stereocenters. The zero-order valence-electron chi connectivity index (χ0n) is 18.7. The first-order valence-corrected chi connectivity index (χ1v) is 12.3. The van der Waals surface area contributed by atoms with E-state index in [9.17, 15) is 13.2 Å². The lowest BCUT2D eigenvalue weighted by atomic mass is 10.2. The molecule has 0 unspecified atom stereocenters. The number of rotatable bonds is 9. The number of anilines is 1. The summed E-state index contributed by atoms with van der Waals surface area (Å²) in [5.41, 5.74) is 1.25. The maximum atomic E-state index is 12.9. The molecule has 3 aromatic rings. The lowest BCUT2D eigenvalue weighted by Crippen LogP contribution is -2.39. The molecular formula is C22H25ClN4O5S. The van der Waals surface area contributed by atoms with E-state index in [0.717, 1.165) is 16.1 Å². The molecule has 11 heteroatoms. The fraction of sp³-hybridized carbons (Fsp3) is 0.318. The van der Waals surface area contributed by atoms with Crippen LogP contribution in [0.2, 0.25) is 5.02 Å². The predicted molar refractivity (Wildman–Crippen MR) is 126 cm³/mol. The SMILES string of the molecule is CC[C@H](Oc1ccc(N(C)S(C)(=O)=O)cc1)C(=O)N(C)Cc1nc(-c2ccc(Cl)cc2)no1. The van der Waals surface area contributed by atoms with Crippen molar-refractivity contribution in [2.45, 2.75) is 26.0 Å². The Hall–Kier alpha value is -3.11. The second kappa shape index (κ2) is 10.2. The summed E-state index contributed by atoms with van der Waals surface area (Å²) in [6, 6.07) is 13.5. The zero-order chi connectivity index (χ0) is 24.2. The molecule has 2 aromatic carbocycles. The molecule has 0 saturated carbocycles. The number of hydrogen-bond donors (Lipinski definition) is 0. The zero-order valence-corrected chi connectivity index (χ0v) is 20.3. The molecule has 1 aromatic heterocycles. The number of aromatic nitrogens is 2. The fourth-order valence-electron chi connectivity index (χ4n) is 2.96. The van der Waals surface area contributed by atoms with E-state index in [1.165, 1.54) is 11.9 Å². The van der Waals surface area contributed by atoms with Gasteiger partial charge in [-0.3, -0.25) is 9.10 Å². The summed E-state index contributed by atoms with van der Waals surface area (Å²) >= 11 is 5.90. The molecule has 0 aliphatic rings. The normalized spacial score (nSPS) is 12.3. The van der Waals surface area contributed by atoms with E-state index < -0.39 is 16.1 Å². The Bertz CT molecular complexity index is 1200. The van der Waals surface area contributed by atoms with Crippen molar-refractivity contribution in [1.82, 2.24) is 15.0 Å². The summed E-state index contributed by atoms with van der Waals surface area (Å²) in [4.78, 5) is 18.7. The Labute approximate surface area is 198 Å². The molecular weight excluding hydrogens is 468 g/mol. The Morgan fingerprint density at radius 1 is 1.12 bits per heavy atom. The van der Waals surface area contributed by atoms with Crippen LogP contribution in [0.4, 0.5) is 5.69 Å². The van der Waals surface area contributed by atoms with Crippen molar-refractivity contribution >= 4 is 33.2 Å². The summed E-state index contributed by atoms with van der Waals surface area (Å²) < 4.78 is 35.6. The molecule has 9 nitrogen and oxygen atoms in total. The van der Waals surface area contributed by atoms with Crippen LogP contribution < -0.4 is 9.04 Å². The van der Waals surface area contributed by atoms with E-state index in [1.807, 2.05) is 6.92 Å². The van der Waals surface area contributed by atoms with Gasteiger partial charge in [-0.1, -0.05) is 23.7 Å². The summed E-state index contributed by atoms with van der Waals surface area (Å²) in [6.07, 6.45) is 0.835. The van der Waals surface area contributed by atoms with Gasteiger partial charge in [-0.05, 0) is 55.0 Å². The van der Waals surface area contributed by atoms with Gasteiger partial charge in [0.15, 0.2) is 6.10 Å². The van der Waals surface area contributed by atoms with E-state index in [-0.39, 0.29) is 12.5 Å². The van der Waals surface area contributed by atoms with Crippen LogP contribution in [0.15, 0.2) is 53.1 Å². The van der Waals surface area contributed by atoms with Gasteiger partial charge in [0.05, 0.1) is 18.5 Å². The number of carbonyl (C=O) groups excluding carboxylic acids is 1. The number of ether oxygens (including phenoxy) is 1. The predicted octanol–water partition coefficient (Wildman–Crippen LogP) is 3.60.